The van der Waals surface area contributed by atoms with Gasteiger partial charge in [0, 0.05) is 36.9 Å². The average Bonchev–Trinajstić information content (AvgIpc) is 2.72. The van der Waals surface area contributed by atoms with Crippen molar-refractivity contribution < 1.29 is 9.90 Å². The second-order valence-electron chi connectivity index (χ2n) is 8.29. The number of likely N-dealkylation sites (tertiary alicyclic amines) is 1. The minimum absolute atomic E-state index is 0.0503. The molecule has 2 unspecified atom stereocenters. The van der Waals surface area contributed by atoms with Gasteiger partial charge < -0.3 is 10.0 Å². The molecule has 0 aromatic heterocycles. The third kappa shape index (κ3) is 4.66. The van der Waals surface area contributed by atoms with E-state index in [9.17, 15) is 9.90 Å². The number of piperidine rings is 1. The molecule has 1 aliphatic rings. The average molecular weight is 415 g/mol. The van der Waals surface area contributed by atoms with E-state index in [0.29, 0.717) is 12.8 Å². The molecule has 1 saturated heterocycles. The lowest BCUT2D eigenvalue weighted by molar-refractivity contribution is -0.135. The first-order valence-electron chi connectivity index (χ1n) is 10.3. The van der Waals surface area contributed by atoms with Crippen LogP contribution in [0.2, 0.25) is 5.02 Å². The molecule has 2 aromatic rings. The van der Waals surface area contributed by atoms with Crippen molar-refractivity contribution in [3.8, 4) is 0 Å². The van der Waals surface area contributed by atoms with Crippen molar-refractivity contribution in [3.05, 3.63) is 64.7 Å². The van der Waals surface area contributed by atoms with Crippen LogP contribution in [0.3, 0.4) is 0 Å². The molecule has 0 spiro atoms. The zero-order valence-electron chi connectivity index (χ0n) is 17.7. The molecule has 3 rings (SSSR count). The maximum absolute atomic E-state index is 13.1. The van der Waals surface area contributed by atoms with Crippen LogP contribution in [0, 0.1) is 12.8 Å². The number of benzene rings is 2. The molecule has 4 nitrogen and oxygen atoms in total. The lowest BCUT2D eigenvalue weighted by atomic mass is 9.79. The SMILES string of the molecule is Cc1cccc(N(C)C(=O)C(C)C2(O)CCN(C(C)c3ccccc3Cl)CC2)c1. The largest absolute Gasteiger partial charge is 0.389 e. The van der Waals surface area contributed by atoms with Crippen LogP contribution in [-0.4, -0.2) is 41.7 Å². The van der Waals surface area contributed by atoms with Gasteiger partial charge in [-0.3, -0.25) is 9.69 Å². The Morgan fingerprint density at radius 2 is 1.79 bits per heavy atom. The number of aryl methyl sites for hydroxylation is 1. The zero-order valence-corrected chi connectivity index (χ0v) is 18.5. The van der Waals surface area contributed by atoms with E-state index in [1.54, 1.807) is 11.9 Å². The van der Waals surface area contributed by atoms with Crippen molar-refractivity contribution in [1.82, 2.24) is 4.90 Å². The van der Waals surface area contributed by atoms with Gasteiger partial charge in [0.25, 0.3) is 0 Å². The summed E-state index contributed by atoms with van der Waals surface area (Å²) >= 11 is 6.36. The zero-order chi connectivity index (χ0) is 21.2. The number of hydrogen-bond acceptors (Lipinski definition) is 3. The van der Waals surface area contributed by atoms with Crippen LogP contribution < -0.4 is 4.90 Å². The van der Waals surface area contributed by atoms with Crippen LogP contribution in [0.5, 0.6) is 0 Å². The molecule has 0 bridgehead atoms. The number of aliphatic hydroxyl groups is 1. The fraction of sp³-hybridized carbons (Fsp3) is 0.458. The highest BCUT2D eigenvalue weighted by Crippen LogP contribution is 2.36. The van der Waals surface area contributed by atoms with Gasteiger partial charge in [-0.05, 0) is 56.0 Å². The summed E-state index contributed by atoms with van der Waals surface area (Å²) in [6, 6.07) is 15.9. The van der Waals surface area contributed by atoms with Crippen molar-refractivity contribution in [2.75, 3.05) is 25.0 Å². The van der Waals surface area contributed by atoms with Gasteiger partial charge in [-0.2, -0.15) is 0 Å². The molecule has 1 fully saturated rings. The maximum atomic E-state index is 13.1. The number of carbonyl (C=O) groups excluding carboxylic acids is 1. The number of nitrogens with zero attached hydrogens (tertiary/aromatic N) is 2. The van der Waals surface area contributed by atoms with E-state index in [1.807, 2.05) is 56.3 Å². The highest BCUT2D eigenvalue weighted by molar-refractivity contribution is 6.31. The molecule has 0 radical (unpaired) electrons. The van der Waals surface area contributed by atoms with Crippen molar-refractivity contribution in [2.24, 2.45) is 5.92 Å². The predicted molar refractivity (Wildman–Crippen MR) is 119 cm³/mol. The van der Waals surface area contributed by atoms with Gasteiger partial charge in [0.2, 0.25) is 5.91 Å². The van der Waals surface area contributed by atoms with Crippen molar-refractivity contribution >= 4 is 23.2 Å². The van der Waals surface area contributed by atoms with Crippen LogP contribution in [-0.2, 0) is 4.79 Å². The number of amides is 1. The molecular formula is C24H31ClN2O2. The lowest BCUT2D eigenvalue weighted by Gasteiger charge is -2.44. The van der Waals surface area contributed by atoms with Crippen LogP contribution in [0.4, 0.5) is 5.69 Å². The highest BCUT2D eigenvalue weighted by Gasteiger charge is 2.42. The topological polar surface area (TPSA) is 43.8 Å². The minimum Gasteiger partial charge on any atom is -0.389 e. The summed E-state index contributed by atoms with van der Waals surface area (Å²) in [5.41, 5.74) is 2.07. The lowest BCUT2D eigenvalue weighted by Crippen LogP contribution is -2.53. The highest BCUT2D eigenvalue weighted by atomic mass is 35.5. The number of carbonyl (C=O) groups is 1. The van der Waals surface area contributed by atoms with Crippen molar-refractivity contribution in [1.29, 1.82) is 0 Å². The smallest absolute Gasteiger partial charge is 0.232 e. The summed E-state index contributed by atoms with van der Waals surface area (Å²) in [7, 11) is 1.78. The van der Waals surface area contributed by atoms with Gasteiger partial charge in [-0.15, -0.1) is 0 Å². The van der Waals surface area contributed by atoms with Gasteiger partial charge in [0.05, 0.1) is 11.5 Å². The molecular weight excluding hydrogens is 384 g/mol. The molecule has 0 saturated carbocycles. The Hall–Kier alpha value is -1.88. The first kappa shape index (κ1) is 21.8. The Morgan fingerprint density at radius 3 is 2.41 bits per heavy atom. The van der Waals surface area contributed by atoms with Crippen LogP contribution in [0.1, 0.15) is 43.9 Å². The number of anilines is 1. The van der Waals surface area contributed by atoms with Crippen molar-refractivity contribution in [3.63, 3.8) is 0 Å². The van der Waals surface area contributed by atoms with Gasteiger partial charge in [-0.25, -0.2) is 0 Å². The summed E-state index contributed by atoms with van der Waals surface area (Å²) in [4.78, 5) is 17.1. The third-order valence-electron chi connectivity index (χ3n) is 6.46. The molecule has 2 atom stereocenters. The molecule has 1 N–H and O–H groups in total. The number of halogens is 1. The molecule has 2 aromatic carbocycles. The molecule has 0 aliphatic carbocycles. The Balaban J connectivity index is 1.66. The molecule has 156 valence electrons. The summed E-state index contributed by atoms with van der Waals surface area (Å²) in [5.74, 6) is -0.517. The first-order valence-corrected chi connectivity index (χ1v) is 10.7. The first-order chi connectivity index (χ1) is 13.7. The molecule has 1 aliphatic heterocycles. The third-order valence-corrected chi connectivity index (χ3v) is 6.81. The second-order valence-corrected chi connectivity index (χ2v) is 8.70. The standard InChI is InChI=1S/C24H31ClN2O2/c1-17-8-7-9-20(16-17)26(4)23(28)18(2)24(29)12-14-27(15-13-24)19(3)21-10-5-6-11-22(21)25/h5-11,16,18-19,29H,12-15H2,1-4H3. The van der Waals surface area contributed by atoms with Crippen LogP contribution in [0.25, 0.3) is 0 Å². The van der Waals surface area contributed by atoms with E-state index in [1.165, 1.54) is 0 Å². The Morgan fingerprint density at radius 1 is 1.14 bits per heavy atom. The van der Waals surface area contributed by atoms with Gasteiger partial charge in [-0.1, -0.05) is 48.9 Å². The van der Waals surface area contributed by atoms with Crippen LogP contribution in [0.15, 0.2) is 48.5 Å². The monoisotopic (exact) mass is 414 g/mol. The molecule has 5 heteroatoms. The number of hydrogen-bond donors (Lipinski definition) is 1. The summed E-state index contributed by atoms with van der Waals surface area (Å²) < 4.78 is 0. The van der Waals surface area contributed by atoms with Gasteiger partial charge in [0.1, 0.15) is 0 Å². The van der Waals surface area contributed by atoms with Gasteiger partial charge in [0.15, 0.2) is 0 Å². The fourth-order valence-electron chi connectivity index (χ4n) is 4.23. The molecule has 1 amide bonds. The van der Waals surface area contributed by atoms with E-state index in [2.05, 4.69) is 17.9 Å². The summed E-state index contributed by atoms with van der Waals surface area (Å²) in [5, 5.41) is 12.1. The maximum Gasteiger partial charge on any atom is 0.232 e. The molecule has 29 heavy (non-hydrogen) atoms. The van der Waals surface area contributed by atoms with E-state index >= 15 is 0 Å². The molecule has 1 heterocycles. The summed E-state index contributed by atoms with van der Waals surface area (Å²) in [6.07, 6.45) is 1.13. The fourth-order valence-corrected chi connectivity index (χ4v) is 4.52. The Bertz CT molecular complexity index is 861. The van der Waals surface area contributed by atoms with E-state index in [4.69, 9.17) is 11.6 Å². The summed E-state index contributed by atoms with van der Waals surface area (Å²) in [6.45, 7) is 7.46. The minimum atomic E-state index is -0.994. The Kier molecular flexibility index (Phi) is 6.67. The van der Waals surface area contributed by atoms with Gasteiger partial charge >= 0.3 is 0 Å². The second kappa shape index (κ2) is 8.86. The van der Waals surface area contributed by atoms with Crippen LogP contribution >= 0.6 is 11.6 Å². The number of rotatable bonds is 5. The predicted octanol–water partition coefficient (Wildman–Crippen LogP) is 4.84. The van der Waals surface area contributed by atoms with E-state index in [0.717, 1.165) is 34.9 Å². The van der Waals surface area contributed by atoms with Crippen molar-refractivity contribution in [2.45, 2.75) is 45.3 Å². The Labute approximate surface area is 179 Å². The quantitative estimate of drug-likeness (QED) is 0.761. The normalized spacial score (nSPS) is 18.8. The van der Waals surface area contributed by atoms with E-state index < -0.39 is 11.5 Å². The van der Waals surface area contributed by atoms with E-state index in [-0.39, 0.29) is 11.9 Å².